The molecule has 0 aliphatic heterocycles. The van der Waals surface area contributed by atoms with Gasteiger partial charge in [-0.25, -0.2) is 0 Å². The summed E-state index contributed by atoms with van der Waals surface area (Å²) < 4.78 is 0. The van der Waals surface area contributed by atoms with Crippen molar-refractivity contribution >= 4 is 0 Å². The highest BCUT2D eigenvalue weighted by atomic mass is 15.5. The molecule has 96 valence electrons. The number of nitrogens with zero attached hydrogens (tertiary/aromatic N) is 3. The summed E-state index contributed by atoms with van der Waals surface area (Å²) in [5, 5.41) is 14.0. The van der Waals surface area contributed by atoms with Crippen LogP contribution in [0.4, 0.5) is 0 Å². The molecule has 0 radical (unpaired) electrons. The molecule has 0 unspecified atom stereocenters. The van der Waals surface area contributed by atoms with Gasteiger partial charge in [-0.05, 0) is 68.4 Å². The molecule has 0 spiro atoms. The Labute approximate surface area is 108 Å². The lowest BCUT2D eigenvalue weighted by atomic mass is 9.91. The summed E-state index contributed by atoms with van der Waals surface area (Å²) >= 11 is 0. The molecule has 0 saturated heterocycles. The third kappa shape index (κ3) is 2.58. The molecule has 4 heteroatoms. The van der Waals surface area contributed by atoms with Crippen LogP contribution in [0, 0.1) is 27.7 Å². The number of hydrogen-bond acceptors (Lipinski definition) is 3. The van der Waals surface area contributed by atoms with Gasteiger partial charge in [0.2, 0.25) is 0 Å². The number of H-pyrrole nitrogens is 1. The Morgan fingerprint density at radius 3 is 2.22 bits per heavy atom. The lowest BCUT2D eigenvalue weighted by molar-refractivity contribution is 0.766. The first-order chi connectivity index (χ1) is 8.59. The topological polar surface area (TPSA) is 54.5 Å². The van der Waals surface area contributed by atoms with Crippen LogP contribution in [0.15, 0.2) is 6.07 Å². The third-order valence-electron chi connectivity index (χ3n) is 3.74. The normalized spacial score (nSPS) is 10.9. The summed E-state index contributed by atoms with van der Waals surface area (Å²) in [6, 6.07) is 2.27. The number of benzene rings is 1. The number of aromatic nitrogens is 4. The van der Waals surface area contributed by atoms with Gasteiger partial charge in [0.1, 0.15) is 0 Å². The highest BCUT2D eigenvalue weighted by molar-refractivity contribution is 5.44. The summed E-state index contributed by atoms with van der Waals surface area (Å²) in [5.41, 5.74) is 7.09. The number of aromatic amines is 1. The highest BCUT2D eigenvalue weighted by Gasteiger charge is 2.08. The molecule has 18 heavy (non-hydrogen) atoms. The van der Waals surface area contributed by atoms with Crippen LogP contribution in [-0.4, -0.2) is 20.6 Å². The van der Waals surface area contributed by atoms with E-state index in [-0.39, 0.29) is 0 Å². The maximum absolute atomic E-state index is 3.98. The van der Waals surface area contributed by atoms with Gasteiger partial charge in [0, 0.05) is 6.42 Å². The van der Waals surface area contributed by atoms with E-state index in [1.807, 2.05) is 0 Å². The van der Waals surface area contributed by atoms with Crippen LogP contribution in [0.1, 0.15) is 40.1 Å². The molecule has 0 saturated carbocycles. The van der Waals surface area contributed by atoms with Gasteiger partial charge < -0.3 is 0 Å². The molecule has 1 aromatic carbocycles. The molecule has 0 amide bonds. The molecule has 1 N–H and O–H groups in total. The standard InChI is InChI=1S/C14H20N4/c1-9-8-10(2)12(4)13(11(9)3)6-5-7-14-15-17-18-16-14/h8H,5-7H2,1-4H3,(H,15,16,17,18). The smallest absolute Gasteiger partial charge is 0.174 e. The van der Waals surface area contributed by atoms with Gasteiger partial charge in [0.25, 0.3) is 0 Å². The van der Waals surface area contributed by atoms with Crippen molar-refractivity contribution in [3.63, 3.8) is 0 Å². The van der Waals surface area contributed by atoms with Crippen LogP contribution in [-0.2, 0) is 12.8 Å². The molecule has 0 aliphatic rings. The van der Waals surface area contributed by atoms with Gasteiger partial charge >= 0.3 is 0 Å². The van der Waals surface area contributed by atoms with Gasteiger partial charge in [-0.3, -0.25) is 0 Å². The van der Waals surface area contributed by atoms with E-state index in [0.717, 1.165) is 25.1 Å². The van der Waals surface area contributed by atoms with Crippen molar-refractivity contribution in [3.05, 3.63) is 39.7 Å². The minimum Gasteiger partial charge on any atom is -0.177 e. The van der Waals surface area contributed by atoms with E-state index in [0.29, 0.717) is 0 Å². The van der Waals surface area contributed by atoms with Gasteiger partial charge in [-0.15, -0.1) is 10.2 Å². The van der Waals surface area contributed by atoms with E-state index < -0.39 is 0 Å². The molecular formula is C14H20N4. The summed E-state index contributed by atoms with van der Waals surface area (Å²) in [4.78, 5) is 0. The molecule has 0 atom stereocenters. The average molecular weight is 244 g/mol. The predicted molar refractivity (Wildman–Crippen MR) is 71.6 cm³/mol. The average Bonchev–Trinajstić information content (AvgIpc) is 2.84. The third-order valence-corrected chi connectivity index (χ3v) is 3.74. The lowest BCUT2D eigenvalue weighted by Crippen LogP contribution is -2.01. The molecule has 0 fully saturated rings. The monoisotopic (exact) mass is 244 g/mol. The first-order valence-electron chi connectivity index (χ1n) is 6.38. The number of hydrogen-bond donors (Lipinski definition) is 1. The summed E-state index contributed by atoms with van der Waals surface area (Å²) in [5.74, 6) is 0.801. The van der Waals surface area contributed by atoms with Crippen molar-refractivity contribution in [2.75, 3.05) is 0 Å². The van der Waals surface area contributed by atoms with E-state index in [1.165, 1.54) is 27.8 Å². The lowest BCUT2D eigenvalue weighted by Gasteiger charge is -2.14. The first kappa shape index (κ1) is 12.7. The van der Waals surface area contributed by atoms with Crippen molar-refractivity contribution < 1.29 is 0 Å². The van der Waals surface area contributed by atoms with E-state index in [1.54, 1.807) is 0 Å². The van der Waals surface area contributed by atoms with Gasteiger partial charge in [-0.2, -0.15) is 5.21 Å². The fraction of sp³-hybridized carbons (Fsp3) is 0.500. The van der Waals surface area contributed by atoms with E-state index in [2.05, 4.69) is 54.4 Å². The number of nitrogens with one attached hydrogen (secondary N) is 1. The number of tetrazole rings is 1. The summed E-state index contributed by atoms with van der Waals surface area (Å²) in [6.45, 7) is 8.80. The molecular weight excluding hydrogens is 224 g/mol. The van der Waals surface area contributed by atoms with Crippen molar-refractivity contribution in [2.45, 2.75) is 47.0 Å². The fourth-order valence-corrected chi connectivity index (χ4v) is 2.39. The van der Waals surface area contributed by atoms with Gasteiger partial charge in [0.05, 0.1) is 0 Å². The van der Waals surface area contributed by atoms with Crippen molar-refractivity contribution in [1.29, 1.82) is 0 Å². The Kier molecular flexibility index (Phi) is 3.75. The molecule has 0 bridgehead atoms. The van der Waals surface area contributed by atoms with Crippen LogP contribution in [0.3, 0.4) is 0 Å². The Morgan fingerprint density at radius 1 is 1.00 bits per heavy atom. The van der Waals surface area contributed by atoms with Crippen LogP contribution in [0.25, 0.3) is 0 Å². The molecule has 1 aromatic heterocycles. The summed E-state index contributed by atoms with van der Waals surface area (Å²) in [7, 11) is 0. The van der Waals surface area contributed by atoms with Gasteiger partial charge in [0.15, 0.2) is 5.82 Å². The predicted octanol–water partition coefficient (Wildman–Crippen LogP) is 2.61. The maximum Gasteiger partial charge on any atom is 0.174 e. The minimum atomic E-state index is 0.801. The quantitative estimate of drug-likeness (QED) is 0.899. The zero-order valence-corrected chi connectivity index (χ0v) is 11.5. The zero-order chi connectivity index (χ0) is 13.1. The van der Waals surface area contributed by atoms with Gasteiger partial charge in [-0.1, -0.05) is 11.3 Å². The van der Waals surface area contributed by atoms with E-state index >= 15 is 0 Å². The van der Waals surface area contributed by atoms with Crippen LogP contribution >= 0.6 is 0 Å². The van der Waals surface area contributed by atoms with E-state index in [9.17, 15) is 0 Å². The number of aryl methyl sites for hydroxylation is 3. The molecule has 0 aliphatic carbocycles. The summed E-state index contributed by atoms with van der Waals surface area (Å²) in [6.07, 6.45) is 3.02. The molecule has 1 heterocycles. The minimum absolute atomic E-state index is 0.801. The van der Waals surface area contributed by atoms with Crippen molar-refractivity contribution in [2.24, 2.45) is 0 Å². The van der Waals surface area contributed by atoms with Crippen LogP contribution < -0.4 is 0 Å². The Morgan fingerprint density at radius 2 is 1.67 bits per heavy atom. The largest absolute Gasteiger partial charge is 0.177 e. The maximum atomic E-state index is 3.98. The second-order valence-electron chi connectivity index (χ2n) is 4.92. The molecule has 4 nitrogen and oxygen atoms in total. The second kappa shape index (κ2) is 5.29. The Bertz CT molecular complexity index is 503. The highest BCUT2D eigenvalue weighted by Crippen LogP contribution is 2.23. The fourth-order valence-electron chi connectivity index (χ4n) is 2.39. The zero-order valence-electron chi connectivity index (χ0n) is 11.5. The van der Waals surface area contributed by atoms with E-state index in [4.69, 9.17) is 0 Å². The van der Waals surface area contributed by atoms with Crippen molar-refractivity contribution in [1.82, 2.24) is 20.6 Å². The second-order valence-corrected chi connectivity index (χ2v) is 4.92. The molecule has 2 aromatic rings. The first-order valence-corrected chi connectivity index (χ1v) is 6.38. The Hall–Kier alpha value is -1.71. The van der Waals surface area contributed by atoms with Crippen LogP contribution in [0.5, 0.6) is 0 Å². The van der Waals surface area contributed by atoms with Crippen molar-refractivity contribution in [3.8, 4) is 0 Å². The molecule has 2 rings (SSSR count). The number of rotatable bonds is 4. The van der Waals surface area contributed by atoms with Crippen LogP contribution in [0.2, 0.25) is 0 Å². The SMILES string of the molecule is Cc1cc(C)c(C)c(CCCc2nn[nH]n2)c1C. The Balaban J connectivity index is 2.09.